The number of anilines is 1. The monoisotopic (exact) mass is 343 g/mol. The van der Waals surface area contributed by atoms with E-state index in [1.54, 1.807) is 6.07 Å². The second-order valence-corrected chi connectivity index (χ2v) is 5.55. The molecular formula is C16H13N3O6. The number of carbonyl (C=O) groups excluding carboxylic acids is 4. The normalized spacial score (nSPS) is 20.4. The number of amides is 4. The molecule has 2 heterocycles. The molecule has 0 aromatic heterocycles. The minimum atomic E-state index is -1.13. The number of imide groups is 2. The van der Waals surface area contributed by atoms with Crippen molar-refractivity contribution in [2.24, 2.45) is 0 Å². The maximum atomic E-state index is 12.5. The molecular weight excluding hydrogens is 330 g/mol. The van der Waals surface area contributed by atoms with Gasteiger partial charge in [-0.25, -0.2) is 4.79 Å². The number of rotatable bonds is 4. The number of aromatic carboxylic acids is 1. The Kier molecular flexibility index (Phi) is 4.05. The number of hydrogen-bond acceptors (Lipinski definition) is 6. The Bertz CT molecular complexity index is 844. The van der Waals surface area contributed by atoms with Crippen molar-refractivity contribution in [3.05, 3.63) is 41.6 Å². The Morgan fingerprint density at radius 2 is 2.00 bits per heavy atom. The summed E-state index contributed by atoms with van der Waals surface area (Å²) in [6.45, 7) is 0. The molecule has 1 aromatic rings. The van der Waals surface area contributed by atoms with Crippen LogP contribution >= 0.6 is 0 Å². The highest BCUT2D eigenvalue weighted by atomic mass is 16.4. The van der Waals surface area contributed by atoms with Gasteiger partial charge in [-0.05, 0) is 24.6 Å². The molecule has 1 saturated heterocycles. The third kappa shape index (κ3) is 3.11. The maximum absolute atomic E-state index is 12.5. The van der Waals surface area contributed by atoms with Gasteiger partial charge in [0.25, 0.3) is 11.8 Å². The van der Waals surface area contributed by atoms with Crippen molar-refractivity contribution in [1.29, 1.82) is 0 Å². The number of carboxylic acid groups (broad SMARTS) is 1. The molecule has 0 radical (unpaired) electrons. The maximum Gasteiger partial charge on any atom is 0.335 e. The lowest BCUT2D eigenvalue weighted by Crippen LogP contribution is -2.54. The van der Waals surface area contributed by atoms with Crippen molar-refractivity contribution < 1.29 is 29.1 Å². The van der Waals surface area contributed by atoms with E-state index in [9.17, 15) is 24.0 Å². The van der Waals surface area contributed by atoms with Crippen LogP contribution in [0.4, 0.5) is 5.69 Å². The van der Waals surface area contributed by atoms with Crippen molar-refractivity contribution in [1.82, 2.24) is 10.2 Å². The van der Waals surface area contributed by atoms with Crippen LogP contribution in [0.1, 0.15) is 23.2 Å². The van der Waals surface area contributed by atoms with E-state index in [4.69, 9.17) is 5.11 Å². The van der Waals surface area contributed by atoms with E-state index in [0.717, 1.165) is 11.0 Å². The summed E-state index contributed by atoms with van der Waals surface area (Å²) in [6, 6.07) is 4.69. The van der Waals surface area contributed by atoms with Crippen LogP contribution in [0.3, 0.4) is 0 Å². The highest BCUT2D eigenvalue weighted by Gasteiger charge is 2.42. The zero-order valence-corrected chi connectivity index (χ0v) is 12.8. The molecule has 2 aliphatic heterocycles. The summed E-state index contributed by atoms with van der Waals surface area (Å²) in [4.78, 5) is 59.4. The van der Waals surface area contributed by atoms with Crippen LogP contribution in [0, 0.1) is 0 Å². The van der Waals surface area contributed by atoms with Gasteiger partial charge >= 0.3 is 5.97 Å². The number of benzene rings is 1. The minimum Gasteiger partial charge on any atom is -0.478 e. The average molecular weight is 343 g/mol. The van der Waals surface area contributed by atoms with Gasteiger partial charge in [0.15, 0.2) is 0 Å². The van der Waals surface area contributed by atoms with E-state index in [1.165, 1.54) is 18.2 Å². The van der Waals surface area contributed by atoms with Crippen LogP contribution < -0.4 is 10.6 Å². The number of carbonyl (C=O) groups is 5. The molecule has 3 N–H and O–H groups in total. The molecule has 0 saturated carbocycles. The van der Waals surface area contributed by atoms with E-state index in [1.807, 2.05) is 0 Å². The Balaban J connectivity index is 1.78. The van der Waals surface area contributed by atoms with Gasteiger partial charge in [-0.1, -0.05) is 6.07 Å². The van der Waals surface area contributed by atoms with Crippen LogP contribution in [-0.2, 0) is 19.2 Å². The first-order valence-electron chi connectivity index (χ1n) is 7.40. The van der Waals surface area contributed by atoms with Gasteiger partial charge in [-0.15, -0.1) is 0 Å². The first-order valence-corrected chi connectivity index (χ1v) is 7.40. The van der Waals surface area contributed by atoms with Crippen LogP contribution in [0.2, 0.25) is 0 Å². The first-order chi connectivity index (χ1) is 11.9. The lowest BCUT2D eigenvalue weighted by molar-refractivity contribution is -0.149. The number of carboxylic acids is 1. The molecule has 4 amide bonds. The summed E-state index contributed by atoms with van der Waals surface area (Å²) in [5.74, 6) is -3.65. The topological polar surface area (TPSA) is 133 Å². The van der Waals surface area contributed by atoms with Gasteiger partial charge in [0, 0.05) is 18.2 Å². The fraction of sp³-hybridized carbons (Fsp3) is 0.188. The Hall–Kier alpha value is -3.49. The molecule has 1 fully saturated rings. The van der Waals surface area contributed by atoms with E-state index < -0.39 is 35.6 Å². The van der Waals surface area contributed by atoms with E-state index in [2.05, 4.69) is 10.6 Å². The molecule has 25 heavy (non-hydrogen) atoms. The van der Waals surface area contributed by atoms with Crippen molar-refractivity contribution in [2.75, 3.05) is 5.32 Å². The Morgan fingerprint density at radius 1 is 1.24 bits per heavy atom. The molecule has 3 rings (SSSR count). The fourth-order valence-corrected chi connectivity index (χ4v) is 2.68. The predicted molar refractivity (Wildman–Crippen MR) is 83.1 cm³/mol. The molecule has 1 aromatic carbocycles. The van der Waals surface area contributed by atoms with Crippen LogP contribution in [0.15, 0.2) is 36.0 Å². The summed E-state index contributed by atoms with van der Waals surface area (Å²) in [6.07, 6.45) is 1.15. The van der Waals surface area contributed by atoms with Gasteiger partial charge in [-0.2, -0.15) is 0 Å². The summed E-state index contributed by atoms with van der Waals surface area (Å²) in [7, 11) is 0. The fourth-order valence-electron chi connectivity index (χ4n) is 2.68. The Labute approximate surface area is 141 Å². The molecule has 1 unspecified atom stereocenters. The van der Waals surface area contributed by atoms with Gasteiger partial charge in [0.05, 0.1) is 5.56 Å². The quantitative estimate of drug-likeness (QED) is 0.648. The van der Waals surface area contributed by atoms with E-state index in [-0.39, 0.29) is 24.1 Å². The highest BCUT2D eigenvalue weighted by molar-refractivity contribution is 6.20. The largest absolute Gasteiger partial charge is 0.478 e. The predicted octanol–water partition coefficient (Wildman–Crippen LogP) is -0.145. The number of piperidine rings is 1. The highest BCUT2D eigenvalue weighted by Crippen LogP contribution is 2.23. The van der Waals surface area contributed by atoms with Crippen molar-refractivity contribution in [3.63, 3.8) is 0 Å². The summed E-state index contributed by atoms with van der Waals surface area (Å²) < 4.78 is 0. The number of nitrogens with zero attached hydrogens (tertiary/aromatic N) is 1. The lowest BCUT2D eigenvalue weighted by Gasteiger charge is -2.28. The third-order valence-electron chi connectivity index (χ3n) is 3.86. The standard InChI is InChI=1S/C16H13N3O6/c20-12-5-4-11(14(22)18-12)19-13(21)7-10(15(19)23)17-9-3-1-2-8(6-9)16(24)25/h1-3,6-7,11,17H,4-5H2,(H,24,25)(H,18,20,22). The van der Waals surface area contributed by atoms with Gasteiger partial charge in [-0.3, -0.25) is 29.4 Å². The third-order valence-corrected chi connectivity index (χ3v) is 3.86. The molecule has 0 bridgehead atoms. The molecule has 9 nitrogen and oxygen atoms in total. The molecule has 0 spiro atoms. The lowest BCUT2D eigenvalue weighted by atomic mass is 10.0. The van der Waals surface area contributed by atoms with Crippen molar-refractivity contribution >= 4 is 35.3 Å². The summed E-state index contributed by atoms with van der Waals surface area (Å²) in [5, 5.41) is 13.8. The zero-order valence-electron chi connectivity index (χ0n) is 12.8. The molecule has 1 atom stereocenters. The minimum absolute atomic E-state index is 0.0180. The van der Waals surface area contributed by atoms with Gasteiger partial charge in [0.2, 0.25) is 11.8 Å². The van der Waals surface area contributed by atoms with Crippen LogP contribution in [-0.4, -0.2) is 45.6 Å². The summed E-state index contributed by atoms with van der Waals surface area (Å²) in [5.41, 5.74) is 0.263. The van der Waals surface area contributed by atoms with Gasteiger partial charge in [0.1, 0.15) is 11.7 Å². The van der Waals surface area contributed by atoms with E-state index in [0.29, 0.717) is 5.69 Å². The van der Waals surface area contributed by atoms with E-state index >= 15 is 0 Å². The first kappa shape index (κ1) is 16.4. The second-order valence-electron chi connectivity index (χ2n) is 5.55. The van der Waals surface area contributed by atoms with Crippen LogP contribution in [0.5, 0.6) is 0 Å². The summed E-state index contributed by atoms with van der Waals surface area (Å²) >= 11 is 0. The van der Waals surface area contributed by atoms with Gasteiger partial charge < -0.3 is 10.4 Å². The van der Waals surface area contributed by atoms with Crippen molar-refractivity contribution in [2.45, 2.75) is 18.9 Å². The Morgan fingerprint density at radius 3 is 2.68 bits per heavy atom. The number of nitrogens with one attached hydrogen (secondary N) is 2. The average Bonchev–Trinajstić information content (AvgIpc) is 2.82. The zero-order chi connectivity index (χ0) is 18.1. The molecule has 0 aliphatic carbocycles. The van der Waals surface area contributed by atoms with Crippen LogP contribution in [0.25, 0.3) is 0 Å². The second kappa shape index (κ2) is 6.19. The number of hydrogen-bond donors (Lipinski definition) is 3. The smallest absolute Gasteiger partial charge is 0.335 e. The SMILES string of the molecule is O=C1CCC(N2C(=O)C=C(Nc3cccc(C(=O)O)c3)C2=O)C(=O)N1. The molecule has 2 aliphatic rings. The molecule has 9 heteroatoms. The van der Waals surface area contributed by atoms with Crippen molar-refractivity contribution in [3.8, 4) is 0 Å². The molecule has 128 valence electrons.